The maximum Gasteiger partial charge on any atom is 0.0366 e. The standard InChI is InChI=1S/C16H24N2/c1-13-2-4-16(5-3-13)18-11-8-15(12-18)14-6-9-17-10-7-14/h2-5,14-15,17H,6-12H2,1H3. The molecule has 2 fully saturated rings. The summed E-state index contributed by atoms with van der Waals surface area (Å²) in [5.74, 6) is 1.88. The Morgan fingerprint density at radius 2 is 1.72 bits per heavy atom. The Hall–Kier alpha value is -1.02. The molecule has 18 heavy (non-hydrogen) atoms. The summed E-state index contributed by atoms with van der Waals surface area (Å²) >= 11 is 0. The smallest absolute Gasteiger partial charge is 0.0366 e. The normalized spacial score (nSPS) is 25.6. The van der Waals surface area contributed by atoms with Gasteiger partial charge in [-0.3, -0.25) is 0 Å². The Kier molecular flexibility index (Phi) is 3.55. The molecule has 2 heteroatoms. The van der Waals surface area contributed by atoms with Gasteiger partial charge in [0.1, 0.15) is 0 Å². The summed E-state index contributed by atoms with van der Waals surface area (Å²) in [5, 5.41) is 3.47. The SMILES string of the molecule is Cc1ccc(N2CCC(C3CCNCC3)C2)cc1. The van der Waals surface area contributed by atoms with Crippen LogP contribution in [0.1, 0.15) is 24.8 Å². The molecule has 2 aliphatic heterocycles. The number of hydrogen-bond acceptors (Lipinski definition) is 2. The largest absolute Gasteiger partial charge is 0.371 e. The molecule has 2 nitrogen and oxygen atoms in total. The first kappa shape index (κ1) is 12.0. The molecule has 1 atom stereocenters. The van der Waals surface area contributed by atoms with Crippen molar-refractivity contribution in [3.63, 3.8) is 0 Å². The highest BCUT2D eigenvalue weighted by molar-refractivity contribution is 5.48. The predicted octanol–water partition coefficient (Wildman–Crippen LogP) is 2.82. The van der Waals surface area contributed by atoms with Gasteiger partial charge < -0.3 is 10.2 Å². The third-order valence-corrected chi connectivity index (χ3v) is 4.67. The van der Waals surface area contributed by atoms with Crippen LogP contribution in [0, 0.1) is 18.8 Å². The van der Waals surface area contributed by atoms with Crippen molar-refractivity contribution in [1.29, 1.82) is 0 Å². The van der Waals surface area contributed by atoms with Crippen molar-refractivity contribution < 1.29 is 0 Å². The van der Waals surface area contributed by atoms with Crippen molar-refractivity contribution in [2.75, 3.05) is 31.1 Å². The lowest BCUT2D eigenvalue weighted by Gasteiger charge is -2.28. The monoisotopic (exact) mass is 244 g/mol. The zero-order valence-corrected chi connectivity index (χ0v) is 11.4. The second-order valence-electron chi connectivity index (χ2n) is 5.92. The lowest BCUT2D eigenvalue weighted by molar-refractivity contribution is 0.276. The van der Waals surface area contributed by atoms with Crippen LogP contribution in [0.25, 0.3) is 0 Å². The fourth-order valence-electron chi connectivity index (χ4n) is 3.48. The zero-order valence-electron chi connectivity index (χ0n) is 11.4. The summed E-state index contributed by atoms with van der Waals surface area (Å²) < 4.78 is 0. The summed E-state index contributed by atoms with van der Waals surface area (Å²) in [6, 6.07) is 9.01. The molecule has 3 rings (SSSR count). The van der Waals surface area contributed by atoms with E-state index in [1.165, 1.54) is 56.7 Å². The minimum Gasteiger partial charge on any atom is -0.371 e. The lowest BCUT2D eigenvalue weighted by Crippen LogP contribution is -2.32. The van der Waals surface area contributed by atoms with E-state index >= 15 is 0 Å². The van der Waals surface area contributed by atoms with Gasteiger partial charge in [0.2, 0.25) is 0 Å². The highest BCUT2D eigenvalue weighted by atomic mass is 15.2. The van der Waals surface area contributed by atoms with Crippen LogP contribution in [0.5, 0.6) is 0 Å². The summed E-state index contributed by atoms with van der Waals surface area (Å²) in [5.41, 5.74) is 2.77. The van der Waals surface area contributed by atoms with Gasteiger partial charge in [-0.25, -0.2) is 0 Å². The molecule has 1 N–H and O–H groups in total. The number of nitrogens with zero attached hydrogens (tertiary/aromatic N) is 1. The third-order valence-electron chi connectivity index (χ3n) is 4.67. The fraction of sp³-hybridized carbons (Fsp3) is 0.625. The number of nitrogens with one attached hydrogen (secondary N) is 1. The van der Waals surface area contributed by atoms with Crippen molar-refractivity contribution in [1.82, 2.24) is 5.32 Å². The Balaban J connectivity index is 1.62. The van der Waals surface area contributed by atoms with E-state index in [0.29, 0.717) is 0 Å². The molecule has 98 valence electrons. The molecule has 0 amide bonds. The first-order chi connectivity index (χ1) is 8.83. The summed E-state index contributed by atoms with van der Waals surface area (Å²) in [7, 11) is 0. The van der Waals surface area contributed by atoms with Gasteiger partial charge in [0.05, 0.1) is 0 Å². The van der Waals surface area contributed by atoms with Crippen LogP contribution >= 0.6 is 0 Å². The van der Waals surface area contributed by atoms with Crippen molar-refractivity contribution in [2.45, 2.75) is 26.2 Å². The van der Waals surface area contributed by atoms with E-state index in [4.69, 9.17) is 0 Å². The Labute approximate surface area is 110 Å². The second kappa shape index (κ2) is 5.31. The molecule has 1 aromatic rings. The van der Waals surface area contributed by atoms with E-state index < -0.39 is 0 Å². The molecule has 0 bridgehead atoms. The van der Waals surface area contributed by atoms with Crippen molar-refractivity contribution >= 4 is 5.69 Å². The van der Waals surface area contributed by atoms with Crippen LogP contribution < -0.4 is 10.2 Å². The van der Waals surface area contributed by atoms with E-state index in [0.717, 1.165) is 11.8 Å². The van der Waals surface area contributed by atoms with Gasteiger partial charge in [-0.15, -0.1) is 0 Å². The van der Waals surface area contributed by atoms with Crippen LogP contribution in [-0.2, 0) is 0 Å². The van der Waals surface area contributed by atoms with Crippen LogP contribution in [0.3, 0.4) is 0 Å². The van der Waals surface area contributed by atoms with Gasteiger partial charge in [-0.1, -0.05) is 17.7 Å². The average Bonchev–Trinajstić information content (AvgIpc) is 2.90. The van der Waals surface area contributed by atoms with E-state index in [2.05, 4.69) is 41.4 Å². The average molecular weight is 244 g/mol. The van der Waals surface area contributed by atoms with Crippen LogP contribution in [0.2, 0.25) is 0 Å². The van der Waals surface area contributed by atoms with Crippen molar-refractivity contribution in [3.8, 4) is 0 Å². The molecular weight excluding hydrogens is 220 g/mol. The summed E-state index contributed by atoms with van der Waals surface area (Å²) in [6.07, 6.45) is 4.15. The minimum absolute atomic E-state index is 0.924. The maximum absolute atomic E-state index is 3.47. The van der Waals surface area contributed by atoms with Gasteiger partial charge in [-0.2, -0.15) is 0 Å². The zero-order chi connectivity index (χ0) is 12.4. The Bertz CT molecular complexity index is 379. The van der Waals surface area contributed by atoms with E-state index in [9.17, 15) is 0 Å². The molecular formula is C16H24N2. The van der Waals surface area contributed by atoms with Gasteiger partial charge >= 0.3 is 0 Å². The van der Waals surface area contributed by atoms with Gasteiger partial charge in [0.25, 0.3) is 0 Å². The molecule has 0 spiro atoms. The molecule has 1 aromatic carbocycles. The molecule has 1 unspecified atom stereocenters. The molecule has 0 radical (unpaired) electrons. The molecule has 0 aromatic heterocycles. The van der Waals surface area contributed by atoms with Crippen molar-refractivity contribution in [2.24, 2.45) is 11.8 Å². The molecule has 0 aliphatic carbocycles. The highest BCUT2D eigenvalue weighted by Gasteiger charge is 2.30. The number of piperidine rings is 1. The molecule has 2 heterocycles. The second-order valence-corrected chi connectivity index (χ2v) is 5.92. The van der Waals surface area contributed by atoms with E-state index in [-0.39, 0.29) is 0 Å². The van der Waals surface area contributed by atoms with E-state index in [1.807, 2.05) is 0 Å². The van der Waals surface area contributed by atoms with Gasteiger partial charge in [-0.05, 0) is 63.2 Å². The first-order valence-corrected chi connectivity index (χ1v) is 7.35. The molecule has 2 saturated heterocycles. The Morgan fingerprint density at radius 1 is 1.00 bits per heavy atom. The van der Waals surface area contributed by atoms with Crippen molar-refractivity contribution in [3.05, 3.63) is 29.8 Å². The quantitative estimate of drug-likeness (QED) is 0.860. The number of aryl methyl sites for hydroxylation is 1. The number of rotatable bonds is 2. The minimum atomic E-state index is 0.924. The maximum atomic E-state index is 3.47. The topological polar surface area (TPSA) is 15.3 Å². The van der Waals surface area contributed by atoms with Crippen LogP contribution in [0.4, 0.5) is 5.69 Å². The highest BCUT2D eigenvalue weighted by Crippen LogP contribution is 2.32. The summed E-state index contributed by atoms with van der Waals surface area (Å²) in [4.78, 5) is 2.58. The van der Waals surface area contributed by atoms with Gasteiger partial charge in [0, 0.05) is 18.8 Å². The first-order valence-electron chi connectivity index (χ1n) is 7.35. The summed E-state index contributed by atoms with van der Waals surface area (Å²) in [6.45, 7) is 7.13. The molecule has 0 saturated carbocycles. The fourth-order valence-corrected chi connectivity index (χ4v) is 3.48. The number of anilines is 1. The number of hydrogen-bond donors (Lipinski definition) is 1. The predicted molar refractivity (Wildman–Crippen MR) is 77.1 cm³/mol. The van der Waals surface area contributed by atoms with Gasteiger partial charge in [0.15, 0.2) is 0 Å². The lowest BCUT2D eigenvalue weighted by atomic mass is 9.84. The Morgan fingerprint density at radius 3 is 2.44 bits per heavy atom. The van der Waals surface area contributed by atoms with E-state index in [1.54, 1.807) is 0 Å². The molecule has 2 aliphatic rings. The third kappa shape index (κ3) is 2.54. The van der Waals surface area contributed by atoms with Crippen LogP contribution in [0.15, 0.2) is 24.3 Å². The van der Waals surface area contributed by atoms with Crippen LogP contribution in [-0.4, -0.2) is 26.2 Å². The number of benzene rings is 1.